The van der Waals surface area contributed by atoms with Gasteiger partial charge in [-0.3, -0.25) is 0 Å². The molecule has 0 bridgehead atoms. The van der Waals surface area contributed by atoms with Crippen molar-refractivity contribution in [2.75, 3.05) is 26.4 Å². The molecule has 0 aliphatic heterocycles. The summed E-state index contributed by atoms with van der Waals surface area (Å²) < 4.78 is 0. The molecule has 1 aliphatic carbocycles. The molecule has 0 atom stereocenters. The van der Waals surface area contributed by atoms with Crippen LogP contribution in [0.4, 0.5) is 5.82 Å². The lowest BCUT2D eigenvalue weighted by Crippen LogP contribution is -2.17. The van der Waals surface area contributed by atoms with E-state index in [1.54, 1.807) is 0 Å². The third-order valence-electron chi connectivity index (χ3n) is 2.59. The van der Waals surface area contributed by atoms with Crippen LogP contribution in [0, 0.1) is 0 Å². The molecule has 2 rings (SSSR count). The Labute approximate surface area is 90.5 Å². The van der Waals surface area contributed by atoms with Crippen molar-refractivity contribution in [2.24, 2.45) is 0 Å². The van der Waals surface area contributed by atoms with Crippen molar-refractivity contribution < 1.29 is 0 Å². The number of anilines is 1. The topological polar surface area (TPSA) is 55.0 Å². The molecule has 0 unspecified atom stereocenters. The van der Waals surface area contributed by atoms with E-state index < -0.39 is 0 Å². The van der Waals surface area contributed by atoms with E-state index in [9.17, 15) is 0 Å². The Morgan fingerprint density at radius 3 is 2.73 bits per heavy atom. The summed E-state index contributed by atoms with van der Waals surface area (Å²) in [7, 11) is 4.10. The molecule has 4 heteroatoms. The standard InChI is InChI=1S/C11H18N4/c1-15(2)6-5-11-13-9(8-3-4-8)7-10(12)14-11/h7-8H,3-6H2,1-2H3,(H2,12,13,14). The maximum absolute atomic E-state index is 5.77. The lowest BCUT2D eigenvalue weighted by atomic mass is 10.2. The summed E-state index contributed by atoms with van der Waals surface area (Å²) in [6.45, 7) is 0.966. The van der Waals surface area contributed by atoms with E-state index in [0.29, 0.717) is 11.7 Å². The Morgan fingerprint density at radius 2 is 2.13 bits per heavy atom. The first-order chi connectivity index (χ1) is 7.15. The molecular weight excluding hydrogens is 188 g/mol. The molecule has 1 fully saturated rings. The van der Waals surface area contributed by atoms with Crippen LogP contribution in [0.2, 0.25) is 0 Å². The average Bonchev–Trinajstić information content (AvgIpc) is 2.97. The number of aromatic nitrogens is 2. The highest BCUT2D eigenvalue weighted by Gasteiger charge is 2.25. The molecule has 1 aromatic heterocycles. The fourth-order valence-electron chi connectivity index (χ4n) is 1.56. The summed E-state index contributed by atoms with van der Waals surface area (Å²) in [5.74, 6) is 2.14. The van der Waals surface area contributed by atoms with Crippen LogP contribution in [0.25, 0.3) is 0 Å². The van der Waals surface area contributed by atoms with Gasteiger partial charge in [-0.25, -0.2) is 9.97 Å². The minimum atomic E-state index is 0.612. The van der Waals surface area contributed by atoms with Crippen LogP contribution >= 0.6 is 0 Å². The highest BCUT2D eigenvalue weighted by atomic mass is 15.1. The van der Waals surface area contributed by atoms with Gasteiger partial charge in [-0.2, -0.15) is 0 Å². The van der Waals surface area contributed by atoms with E-state index in [1.807, 2.05) is 20.2 Å². The molecule has 1 aliphatic rings. The molecule has 82 valence electrons. The molecule has 1 aromatic rings. The van der Waals surface area contributed by atoms with Crippen molar-refractivity contribution in [3.05, 3.63) is 17.6 Å². The summed E-state index contributed by atoms with van der Waals surface area (Å²) in [4.78, 5) is 10.9. The summed E-state index contributed by atoms with van der Waals surface area (Å²) in [5, 5.41) is 0. The van der Waals surface area contributed by atoms with Crippen LogP contribution in [-0.4, -0.2) is 35.5 Å². The first kappa shape index (κ1) is 10.4. The zero-order valence-corrected chi connectivity index (χ0v) is 9.40. The van der Waals surface area contributed by atoms with Gasteiger partial charge in [-0.1, -0.05) is 0 Å². The van der Waals surface area contributed by atoms with Gasteiger partial charge in [0.1, 0.15) is 11.6 Å². The van der Waals surface area contributed by atoms with Crippen LogP contribution in [0.15, 0.2) is 6.07 Å². The second-order valence-electron chi connectivity index (χ2n) is 4.46. The van der Waals surface area contributed by atoms with Crippen LogP contribution in [0.1, 0.15) is 30.3 Å². The van der Waals surface area contributed by atoms with E-state index in [4.69, 9.17) is 5.73 Å². The molecule has 0 saturated heterocycles. The van der Waals surface area contributed by atoms with Crippen LogP contribution < -0.4 is 5.73 Å². The Bertz CT molecular complexity index is 344. The van der Waals surface area contributed by atoms with E-state index in [0.717, 1.165) is 24.5 Å². The maximum atomic E-state index is 5.77. The second kappa shape index (κ2) is 4.14. The highest BCUT2D eigenvalue weighted by Crippen LogP contribution is 2.39. The molecule has 4 nitrogen and oxygen atoms in total. The minimum Gasteiger partial charge on any atom is -0.384 e. The minimum absolute atomic E-state index is 0.612. The van der Waals surface area contributed by atoms with Gasteiger partial charge in [0.05, 0.1) is 0 Å². The van der Waals surface area contributed by atoms with Gasteiger partial charge < -0.3 is 10.6 Å². The molecule has 0 amide bonds. The number of nitrogens with zero attached hydrogens (tertiary/aromatic N) is 3. The van der Waals surface area contributed by atoms with Gasteiger partial charge in [0.2, 0.25) is 0 Å². The first-order valence-electron chi connectivity index (χ1n) is 5.43. The van der Waals surface area contributed by atoms with Crippen molar-refractivity contribution in [2.45, 2.75) is 25.2 Å². The Hall–Kier alpha value is -1.16. The molecule has 1 heterocycles. The van der Waals surface area contributed by atoms with E-state index in [1.165, 1.54) is 12.8 Å². The predicted molar refractivity (Wildman–Crippen MR) is 60.7 cm³/mol. The molecular formula is C11H18N4. The average molecular weight is 206 g/mol. The van der Waals surface area contributed by atoms with Crippen LogP contribution in [-0.2, 0) is 6.42 Å². The third-order valence-corrected chi connectivity index (χ3v) is 2.59. The van der Waals surface area contributed by atoms with Gasteiger partial charge in [0.15, 0.2) is 0 Å². The maximum Gasteiger partial charge on any atom is 0.132 e. The van der Waals surface area contributed by atoms with Gasteiger partial charge in [-0.15, -0.1) is 0 Å². The number of likely N-dealkylation sites (N-methyl/N-ethyl adjacent to an activating group) is 1. The first-order valence-corrected chi connectivity index (χ1v) is 5.43. The fourth-order valence-corrected chi connectivity index (χ4v) is 1.56. The van der Waals surface area contributed by atoms with E-state index in [2.05, 4.69) is 14.9 Å². The van der Waals surface area contributed by atoms with Gasteiger partial charge in [0.25, 0.3) is 0 Å². The van der Waals surface area contributed by atoms with Crippen LogP contribution in [0.5, 0.6) is 0 Å². The zero-order chi connectivity index (χ0) is 10.8. The largest absolute Gasteiger partial charge is 0.384 e. The molecule has 15 heavy (non-hydrogen) atoms. The highest BCUT2D eigenvalue weighted by molar-refractivity contribution is 5.32. The molecule has 1 saturated carbocycles. The van der Waals surface area contributed by atoms with Gasteiger partial charge in [-0.05, 0) is 26.9 Å². The number of rotatable bonds is 4. The van der Waals surface area contributed by atoms with Crippen molar-refractivity contribution >= 4 is 5.82 Å². The van der Waals surface area contributed by atoms with Crippen LogP contribution in [0.3, 0.4) is 0 Å². The SMILES string of the molecule is CN(C)CCc1nc(N)cc(C2CC2)n1. The Balaban J connectivity index is 2.09. The van der Waals surface area contributed by atoms with Crippen molar-refractivity contribution in [1.29, 1.82) is 0 Å². The fraction of sp³-hybridized carbons (Fsp3) is 0.636. The number of nitrogens with two attached hydrogens (primary N) is 1. The normalized spacial score (nSPS) is 15.9. The van der Waals surface area contributed by atoms with E-state index in [-0.39, 0.29) is 0 Å². The Kier molecular flexibility index (Phi) is 2.86. The van der Waals surface area contributed by atoms with Gasteiger partial charge in [0, 0.05) is 30.6 Å². The summed E-state index contributed by atoms with van der Waals surface area (Å²) in [5.41, 5.74) is 6.90. The molecule has 2 N–H and O–H groups in total. The second-order valence-corrected chi connectivity index (χ2v) is 4.46. The molecule has 0 spiro atoms. The quantitative estimate of drug-likeness (QED) is 0.799. The lowest BCUT2D eigenvalue weighted by molar-refractivity contribution is 0.409. The van der Waals surface area contributed by atoms with E-state index >= 15 is 0 Å². The molecule has 0 aromatic carbocycles. The number of hydrogen-bond acceptors (Lipinski definition) is 4. The molecule has 0 radical (unpaired) electrons. The Morgan fingerprint density at radius 1 is 1.40 bits per heavy atom. The van der Waals surface area contributed by atoms with Crippen molar-refractivity contribution in [3.8, 4) is 0 Å². The third kappa shape index (κ3) is 2.89. The van der Waals surface area contributed by atoms with Gasteiger partial charge >= 0.3 is 0 Å². The monoisotopic (exact) mass is 206 g/mol. The van der Waals surface area contributed by atoms with Crippen molar-refractivity contribution in [1.82, 2.24) is 14.9 Å². The predicted octanol–water partition coefficient (Wildman–Crippen LogP) is 1.04. The summed E-state index contributed by atoms with van der Waals surface area (Å²) in [6.07, 6.45) is 3.38. The lowest BCUT2D eigenvalue weighted by Gasteiger charge is -2.09. The number of nitrogen functional groups attached to an aromatic ring is 1. The summed E-state index contributed by atoms with van der Waals surface area (Å²) >= 11 is 0. The zero-order valence-electron chi connectivity index (χ0n) is 9.40. The summed E-state index contributed by atoms with van der Waals surface area (Å²) in [6, 6.07) is 1.91. The van der Waals surface area contributed by atoms with Crippen molar-refractivity contribution in [3.63, 3.8) is 0 Å². The smallest absolute Gasteiger partial charge is 0.132 e. The number of hydrogen-bond donors (Lipinski definition) is 1.